The minimum absolute atomic E-state index is 0.446. The van der Waals surface area contributed by atoms with Crippen molar-refractivity contribution in [3.8, 4) is 0 Å². The van der Waals surface area contributed by atoms with Crippen LogP contribution < -0.4 is 10.6 Å². The number of piperazine rings is 1. The highest BCUT2D eigenvalue weighted by Gasteiger charge is 2.23. The van der Waals surface area contributed by atoms with Crippen molar-refractivity contribution in [2.45, 2.75) is 19.4 Å². The van der Waals surface area contributed by atoms with Gasteiger partial charge < -0.3 is 15.5 Å². The van der Waals surface area contributed by atoms with Gasteiger partial charge in [0.2, 0.25) is 0 Å². The van der Waals surface area contributed by atoms with Gasteiger partial charge in [-0.05, 0) is 31.2 Å². The van der Waals surface area contributed by atoms with Crippen LogP contribution in [0.1, 0.15) is 12.5 Å². The molecule has 1 fully saturated rings. The molecule has 3 heteroatoms. The van der Waals surface area contributed by atoms with Crippen molar-refractivity contribution < 1.29 is 0 Å². The number of nitrogens with zero attached hydrogens (tertiary/aromatic N) is 2. The molecule has 1 heterocycles. The van der Waals surface area contributed by atoms with Crippen LogP contribution in [0, 0.1) is 0 Å². The molecule has 1 unspecified atom stereocenters. The van der Waals surface area contributed by atoms with E-state index in [1.54, 1.807) is 0 Å². The van der Waals surface area contributed by atoms with Crippen molar-refractivity contribution in [1.82, 2.24) is 4.90 Å². The van der Waals surface area contributed by atoms with Gasteiger partial charge in [0, 0.05) is 31.9 Å². The molecule has 17 heavy (non-hydrogen) atoms. The molecule has 0 aromatic heterocycles. The minimum Gasteiger partial charge on any atom is -0.365 e. The smallest absolute Gasteiger partial charge is 0.0539 e. The molecule has 1 aromatic carbocycles. The number of nitrogens with two attached hydrogens (primary N) is 1. The second-order valence-electron chi connectivity index (χ2n) is 4.87. The van der Waals surface area contributed by atoms with Crippen LogP contribution in [0.2, 0.25) is 0 Å². The van der Waals surface area contributed by atoms with Gasteiger partial charge in [0.05, 0.1) is 6.04 Å². The maximum Gasteiger partial charge on any atom is 0.0539 e. The Morgan fingerprint density at radius 3 is 2.53 bits per heavy atom. The first-order valence-electron chi connectivity index (χ1n) is 6.48. The molecule has 1 aliphatic heterocycles. The molecule has 2 rings (SSSR count). The molecule has 1 atom stereocenters. The third kappa shape index (κ3) is 2.79. The molecule has 94 valence electrons. The molecule has 0 bridgehead atoms. The highest BCUT2D eigenvalue weighted by molar-refractivity contribution is 5.49. The topological polar surface area (TPSA) is 32.5 Å². The minimum atomic E-state index is 0.446. The normalized spacial score (nSPS) is 21.8. The predicted octanol–water partition coefficient (Wildman–Crippen LogP) is 1.33. The molecule has 3 nitrogen and oxygen atoms in total. The molecule has 1 saturated heterocycles. The van der Waals surface area contributed by atoms with Crippen LogP contribution in [0.5, 0.6) is 0 Å². The summed E-state index contributed by atoms with van der Waals surface area (Å²) in [5, 5.41) is 0. The lowest BCUT2D eigenvalue weighted by molar-refractivity contribution is 0.270. The molecular weight excluding hydrogens is 210 g/mol. The summed E-state index contributed by atoms with van der Waals surface area (Å²) in [4.78, 5) is 4.80. The summed E-state index contributed by atoms with van der Waals surface area (Å²) >= 11 is 0. The maximum absolute atomic E-state index is 5.88. The maximum atomic E-state index is 5.88. The van der Waals surface area contributed by atoms with Crippen molar-refractivity contribution >= 4 is 5.69 Å². The zero-order valence-corrected chi connectivity index (χ0v) is 10.9. The van der Waals surface area contributed by atoms with Gasteiger partial charge in [0.15, 0.2) is 0 Å². The second kappa shape index (κ2) is 5.52. The lowest BCUT2D eigenvalue weighted by atomic mass is 10.1. The van der Waals surface area contributed by atoms with Gasteiger partial charge in [-0.15, -0.1) is 0 Å². The lowest BCUT2D eigenvalue weighted by Gasteiger charge is -2.41. The van der Waals surface area contributed by atoms with E-state index in [2.05, 4.69) is 48.0 Å². The van der Waals surface area contributed by atoms with Gasteiger partial charge in [0.25, 0.3) is 0 Å². The summed E-state index contributed by atoms with van der Waals surface area (Å²) in [5.74, 6) is 0. The van der Waals surface area contributed by atoms with E-state index in [4.69, 9.17) is 5.73 Å². The van der Waals surface area contributed by atoms with Crippen molar-refractivity contribution in [2.24, 2.45) is 5.73 Å². The monoisotopic (exact) mass is 233 g/mol. The zero-order chi connectivity index (χ0) is 12.3. The van der Waals surface area contributed by atoms with E-state index in [0.29, 0.717) is 6.04 Å². The third-order valence-corrected chi connectivity index (χ3v) is 3.63. The fraction of sp³-hybridized carbons (Fsp3) is 0.571. The van der Waals surface area contributed by atoms with Gasteiger partial charge in [-0.1, -0.05) is 19.1 Å². The van der Waals surface area contributed by atoms with Crippen LogP contribution in [0.15, 0.2) is 24.3 Å². The Morgan fingerprint density at radius 1 is 1.24 bits per heavy atom. The highest BCUT2D eigenvalue weighted by atomic mass is 15.3. The molecule has 0 aliphatic carbocycles. The number of benzene rings is 1. The van der Waals surface area contributed by atoms with Crippen LogP contribution in [0.4, 0.5) is 5.69 Å². The molecule has 2 N–H and O–H groups in total. The van der Waals surface area contributed by atoms with Crippen molar-refractivity contribution in [1.29, 1.82) is 0 Å². The average molecular weight is 233 g/mol. The molecule has 0 spiro atoms. The first-order valence-corrected chi connectivity index (χ1v) is 6.48. The molecule has 0 saturated carbocycles. The van der Waals surface area contributed by atoms with E-state index in [9.17, 15) is 0 Å². The first-order chi connectivity index (χ1) is 8.24. The fourth-order valence-electron chi connectivity index (χ4n) is 2.48. The number of hydrogen-bond donors (Lipinski definition) is 1. The second-order valence-corrected chi connectivity index (χ2v) is 4.87. The molecule has 0 amide bonds. The van der Waals surface area contributed by atoms with Crippen LogP contribution in [-0.4, -0.2) is 44.2 Å². The van der Waals surface area contributed by atoms with Crippen molar-refractivity contribution in [2.75, 3.05) is 38.1 Å². The van der Waals surface area contributed by atoms with Gasteiger partial charge in [-0.25, -0.2) is 0 Å². The van der Waals surface area contributed by atoms with Crippen LogP contribution >= 0.6 is 0 Å². The quantitative estimate of drug-likeness (QED) is 0.855. The van der Waals surface area contributed by atoms with Crippen LogP contribution in [-0.2, 0) is 6.42 Å². The number of anilines is 1. The Hall–Kier alpha value is -1.06. The third-order valence-electron chi connectivity index (χ3n) is 3.63. The Kier molecular flexibility index (Phi) is 4.02. The summed E-state index contributed by atoms with van der Waals surface area (Å²) in [7, 11) is 2.17. The Labute approximate surface area is 104 Å². The van der Waals surface area contributed by atoms with E-state index in [1.807, 2.05) is 0 Å². The average Bonchev–Trinajstić information content (AvgIpc) is 2.39. The largest absolute Gasteiger partial charge is 0.365 e. The van der Waals surface area contributed by atoms with E-state index in [1.165, 1.54) is 11.3 Å². The summed E-state index contributed by atoms with van der Waals surface area (Å²) in [6.45, 7) is 6.16. The highest BCUT2D eigenvalue weighted by Crippen LogP contribution is 2.20. The van der Waals surface area contributed by atoms with Gasteiger partial charge in [-0.2, -0.15) is 0 Å². The Balaban J connectivity index is 2.13. The number of aryl methyl sites for hydroxylation is 1. The van der Waals surface area contributed by atoms with Gasteiger partial charge in [-0.3, -0.25) is 0 Å². The van der Waals surface area contributed by atoms with Crippen LogP contribution in [0.25, 0.3) is 0 Å². The van der Waals surface area contributed by atoms with Gasteiger partial charge >= 0.3 is 0 Å². The molecule has 1 aromatic rings. The molecular formula is C14H23N3. The molecule has 1 aliphatic rings. The first kappa shape index (κ1) is 12.4. The van der Waals surface area contributed by atoms with Gasteiger partial charge in [0.1, 0.15) is 0 Å². The summed E-state index contributed by atoms with van der Waals surface area (Å²) in [6.07, 6.45) is 1.10. The standard InChI is InChI=1S/C14H23N3/c1-3-12-4-6-13(7-5-12)17-9-8-16(2)11-14(17)10-15/h4-7,14H,3,8-11,15H2,1-2H3. The Morgan fingerprint density at radius 2 is 1.94 bits per heavy atom. The van der Waals surface area contributed by atoms with E-state index in [0.717, 1.165) is 32.6 Å². The van der Waals surface area contributed by atoms with E-state index >= 15 is 0 Å². The van der Waals surface area contributed by atoms with Crippen molar-refractivity contribution in [3.63, 3.8) is 0 Å². The SMILES string of the molecule is CCc1ccc(N2CCN(C)CC2CN)cc1. The molecule has 0 radical (unpaired) electrons. The fourth-order valence-corrected chi connectivity index (χ4v) is 2.48. The summed E-state index contributed by atoms with van der Waals surface area (Å²) in [6, 6.07) is 9.35. The lowest BCUT2D eigenvalue weighted by Crippen LogP contribution is -2.55. The summed E-state index contributed by atoms with van der Waals surface area (Å²) < 4.78 is 0. The van der Waals surface area contributed by atoms with E-state index in [-0.39, 0.29) is 0 Å². The van der Waals surface area contributed by atoms with Crippen LogP contribution in [0.3, 0.4) is 0 Å². The number of rotatable bonds is 3. The van der Waals surface area contributed by atoms with Crippen molar-refractivity contribution in [3.05, 3.63) is 29.8 Å². The predicted molar refractivity (Wildman–Crippen MR) is 73.5 cm³/mol. The number of hydrogen-bond acceptors (Lipinski definition) is 3. The Bertz CT molecular complexity index is 347. The number of likely N-dealkylation sites (N-methyl/N-ethyl adjacent to an activating group) is 1. The zero-order valence-electron chi connectivity index (χ0n) is 10.9. The summed E-state index contributed by atoms with van der Waals surface area (Å²) in [5.41, 5.74) is 8.59. The van der Waals surface area contributed by atoms with E-state index < -0.39 is 0 Å².